The standard InChI is InChI=1S/C13H13BrN2S/c1-8-5-9(2)16-13(6-8)17-12-7-10(14)3-4-11(12)15/h3-7H,15H2,1-2H3. The molecule has 0 saturated heterocycles. The van der Waals surface area contributed by atoms with Crippen LogP contribution in [0.1, 0.15) is 11.3 Å². The topological polar surface area (TPSA) is 38.9 Å². The quantitative estimate of drug-likeness (QED) is 0.845. The first-order valence-corrected chi connectivity index (χ1v) is 6.84. The maximum atomic E-state index is 5.94. The molecule has 0 unspecified atom stereocenters. The molecule has 2 rings (SSSR count). The molecule has 17 heavy (non-hydrogen) atoms. The molecular weight excluding hydrogens is 296 g/mol. The lowest BCUT2D eigenvalue weighted by Gasteiger charge is -2.07. The van der Waals surface area contributed by atoms with Crippen molar-refractivity contribution in [3.8, 4) is 0 Å². The van der Waals surface area contributed by atoms with Gasteiger partial charge in [-0.05, 0) is 49.7 Å². The van der Waals surface area contributed by atoms with Crippen molar-refractivity contribution < 1.29 is 0 Å². The molecule has 1 aromatic carbocycles. The van der Waals surface area contributed by atoms with E-state index in [2.05, 4.69) is 40.0 Å². The number of nitrogens with zero attached hydrogens (tertiary/aromatic N) is 1. The summed E-state index contributed by atoms with van der Waals surface area (Å²) in [6.45, 7) is 4.07. The van der Waals surface area contributed by atoms with Crippen LogP contribution in [-0.4, -0.2) is 4.98 Å². The molecule has 0 radical (unpaired) electrons. The lowest BCUT2D eigenvalue weighted by atomic mass is 10.3. The zero-order valence-electron chi connectivity index (χ0n) is 9.70. The summed E-state index contributed by atoms with van der Waals surface area (Å²) in [6, 6.07) is 9.98. The van der Waals surface area contributed by atoms with Crippen molar-refractivity contribution in [3.05, 3.63) is 46.1 Å². The van der Waals surface area contributed by atoms with Gasteiger partial charge in [-0.15, -0.1) is 0 Å². The third kappa shape index (κ3) is 3.23. The normalized spacial score (nSPS) is 10.5. The Morgan fingerprint density at radius 2 is 1.94 bits per heavy atom. The Kier molecular flexibility index (Phi) is 3.74. The van der Waals surface area contributed by atoms with Gasteiger partial charge in [-0.1, -0.05) is 27.7 Å². The fraction of sp³-hybridized carbons (Fsp3) is 0.154. The van der Waals surface area contributed by atoms with Crippen molar-refractivity contribution >= 4 is 33.4 Å². The van der Waals surface area contributed by atoms with E-state index >= 15 is 0 Å². The van der Waals surface area contributed by atoms with E-state index in [1.165, 1.54) is 5.56 Å². The van der Waals surface area contributed by atoms with E-state index in [-0.39, 0.29) is 0 Å². The Labute approximate surface area is 114 Å². The maximum absolute atomic E-state index is 5.94. The van der Waals surface area contributed by atoms with Crippen LogP contribution >= 0.6 is 27.7 Å². The molecule has 0 aliphatic rings. The Morgan fingerprint density at radius 3 is 2.65 bits per heavy atom. The van der Waals surface area contributed by atoms with Gasteiger partial charge in [0.25, 0.3) is 0 Å². The van der Waals surface area contributed by atoms with Gasteiger partial charge in [0.05, 0.1) is 0 Å². The number of halogens is 1. The molecule has 0 aliphatic carbocycles. The molecule has 0 aliphatic heterocycles. The molecule has 0 atom stereocenters. The molecule has 2 nitrogen and oxygen atoms in total. The zero-order valence-corrected chi connectivity index (χ0v) is 12.1. The summed E-state index contributed by atoms with van der Waals surface area (Å²) < 4.78 is 1.03. The van der Waals surface area contributed by atoms with Crippen molar-refractivity contribution in [2.24, 2.45) is 0 Å². The molecular formula is C13H13BrN2S. The molecule has 0 amide bonds. The van der Waals surface area contributed by atoms with E-state index in [1.54, 1.807) is 11.8 Å². The highest BCUT2D eigenvalue weighted by molar-refractivity contribution is 9.10. The second-order valence-corrected chi connectivity index (χ2v) is 5.89. The minimum Gasteiger partial charge on any atom is -0.398 e. The number of rotatable bonds is 2. The van der Waals surface area contributed by atoms with Crippen molar-refractivity contribution in [1.82, 2.24) is 4.98 Å². The van der Waals surface area contributed by atoms with Crippen LogP contribution in [-0.2, 0) is 0 Å². The molecule has 1 heterocycles. The molecule has 88 valence electrons. The minimum atomic E-state index is 0.777. The van der Waals surface area contributed by atoms with Gasteiger partial charge in [0.15, 0.2) is 0 Å². The van der Waals surface area contributed by atoms with Crippen LogP contribution in [0.15, 0.2) is 44.7 Å². The molecule has 0 spiro atoms. The van der Waals surface area contributed by atoms with Gasteiger partial charge in [-0.2, -0.15) is 0 Å². The first-order chi connectivity index (χ1) is 8.04. The number of aryl methyl sites for hydroxylation is 2. The third-order valence-electron chi connectivity index (χ3n) is 2.26. The Morgan fingerprint density at radius 1 is 1.18 bits per heavy atom. The van der Waals surface area contributed by atoms with Gasteiger partial charge in [-0.25, -0.2) is 4.98 Å². The van der Waals surface area contributed by atoms with Gasteiger partial charge in [0.1, 0.15) is 5.03 Å². The highest BCUT2D eigenvalue weighted by Gasteiger charge is 2.05. The van der Waals surface area contributed by atoms with Crippen LogP contribution in [0.5, 0.6) is 0 Å². The third-order valence-corrected chi connectivity index (χ3v) is 3.75. The lowest BCUT2D eigenvalue weighted by molar-refractivity contribution is 1.05. The number of pyridine rings is 1. The number of hydrogen-bond donors (Lipinski definition) is 1. The predicted molar refractivity (Wildman–Crippen MR) is 76.4 cm³/mol. The smallest absolute Gasteiger partial charge is 0.101 e. The van der Waals surface area contributed by atoms with Gasteiger partial charge in [-0.3, -0.25) is 0 Å². The van der Waals surface area contributed by atoms with E-state index in [9.17, 15) is 0 Å². The molecule has 0 bridgehead atoms. The first kappa shape index (κ1) is 12.5. The fourth-order valence-electron chi connectivity index (χ4n) is 1.57. The molecule has 2 N–H and O–H groups in total. The van der Waals surface area contributed by atoms with Crippen molar-refractivity contribution in [3.63, 3.8) is 0 Å². The van der Waals surface area contributed by atoms with E-state index in [1.807, 2.05) is 25.1 Å². The van der Waals surface area contributed by atoms with Crippen molar-refractivity contribution in [1.29, 1.82) is 0 Å². The first-order valence-electron chi connectivity index (χ1n) is 5.23. The number of nitrogen functional groups attached to an aromatic ring is 1. The van der Waals surface area contributed by atoms with Crippen molar-refractivity contribution in [2.45, 2.75) is 23.8 Å². The van der Waals surface area contributed by atoms with E-state index in [0.717, 1.165) is 25.8 Å². The summed E-state index contributed by atoms with van der Waals surface area (Å²) >= 11 is 5.04. The second kappa shape index (κ2) is 5.10. The van der Waals surface area contributed by atoms with Crippen LogP contribution in [0.4, 0.5) is 5.69 Å². The number of nitrogens with two attached hydrogens (primary N) is 1. The summed E-state index contributed by atoms with van der Waals surface area (Å²) in [5.41, 5.74) is 8.97. The summed E-state index contributed by atoms with van der Waals surface area (Å²) in [6.07, 6.45) is 0. The highest BCUT2D eigenvalue weighted by Crippen LogP contribution is 2.33. The van der Waals surface area contributed by atoms with Crippen LogP contribution in [0, 0.1) is 13.8 Å². The zero-order chi connectivity index (χ0) is 12.4. The maximum Gasteiger partial charge on any atom is 0.101 e. The molecule has 0 saturated carbocycles. The van der Waals surface area contributed by atoms with Gasteiger partial charge < -0.3 is 5.73 Å². The number of anilines is 1. The van der Waals surface area contributed by atoms with Gasteiger partial charge in [0, 0.05) is 20.7 Å². The summed E-state index contributed by atoms with van der Waals surface area (Å²) in [4.78, 5) is 5.52. The number of aromatic nitrogens is 1. The average Bonchev–Trinajstić information content (AvgIpc) is 2.22. The number of benzene rings is 1. The molecule has 2 aromatic rings. The summed E-state index contributed by atoms with van der Waals surface area (Å²) in [7, 11) is 0. The second-order valence-electron chi connectivity index (χ2n) is 3.91. The van der Waals surface area contributed by atoms with Crippen LogP contribution < -0.4 is 5.73 Å². The summed E-state index contributed by atoms with van der Waals surface area (Å²) in [5, 5.41) is 0.979. The van der Waals surface area contributed by atoms with Crippen LogP contribution in [0.2, 0.25) is 0 Å². The largest absolute Gasteiger partial charge is 0.398 e. The Hall–Kier alpha value is -1.00. The molecule has 4 heteroatoms. The predicted octanol–water partition coefficient (Wildman–Crippen LogP) is 4.19. The van der Waals surface area contributed by atoms with Gasteiger partial charge in [0.2, 0.25) is 0 Å². The summed E-state index contributed by atoms with van der Waals surface area (Å²) in [5.74, 6) is 0. The van der Waals surface area contributed by atoms with E-state index < -0.39 is 0 Å². The van der Waals surface area contributed by atoms with Gasteiger partial charge >= 0.3 is 0 Å². The minimum absolute atomic E-state index is 0.777. The van der Waals surface area contributed by atoms with Crippen LogP contribution in [0.3, 0.4) is 0 Å². The monoisotopic (exact) mass is 308 g/mol. The fourth-order valence-corrected chi connectivity index (χ4v) is 3.11. The Balaban J connectivity index is 2.34. The SMILES string of the molecule is Cc1cc(C)nc(Sc2cc(Br)ccc2N)c1. The number of hydrogen-bond acceptors (Lipinski definition) is 3. The van der Waals surface area contributed by atoms with Crippen LogP contribution in [0.25, 0.3) is 0 Å². The average molecular weight is 309 g/mol. The molecule has 1 aromatic heterocycles. The lowest BCUT2D eigenvalue weighted by Crippen LogP contribution is -1.90. The Bertz CT molecular complexity index is 535. The van der Waals surface area contributed by atoms with E-state index in [0.29, 0.717) is 0 Å². The molecule has 0 fully saturated rings. The van der Waals surface area contributed by atoms with Crippen molar-refractivity contribution in [2.75, 3.05) is 5.73 Å². The highest BCUT2D eigenvalue weighted by atomic mass is 79.9. The van der Waals surface area contributed by atoms with E-state index in [4.69, 9.17) is 5.73 Å².